The van der Waals surface area contributed by atoms with Crippen molar-refractivity contribution in [3.05, 3.63) is 56.7 Å². The second-order valence-electron chi connectivity index (χ2n) is 4.09. The number of nitrogens with zero attached hydrogens (tertiary/aromatic N) is 2. The zero-order valence-corrected chi connectivity index (χ0v) is 12.7. The van der Waals surface area contributed by atoms with Gasteiger partial charge in [0.1, 0.15) is 4.92 Å². The molecule has 1 aromatic carbocycles. The fourth-order valence-corrected chi connectivity index (χ4v) is 1.90. The molecule has 1 aromatic heterocycles. The second kappa shape index (κ2) is 7.36. The van der Waals surface area contributed by atoms with Gasteiger partial charge in [-0.3, -0.25) is 14.9 Å². The molecule has 0 saturated heterocycles. The Bertz CT molecular complexity index is 714. The highest BCUT2D eigenvalue weighted by atomic mass is 79.9. The number of rotatable bonds is 6. The summed E-state index contributed by atoms with van der Waals surface area (Å²) in [4.78, 5) is 21.3. The van der Waals surface area contributed by atoms with Gasteiger partial charge in [-0.05, 0) is 24.3 Å². The van der Waals surface area contributed by atoms with Crippen molar-refractivity contribution < 1.29 is 14.1 Å². The van der Waals surface area contributed by atoms with Crippen molar-refractivity contribution in [2.24, 2.45) is 5.10 Å². The maximum atomic E-state index is 11.6. The van der Waals surface area contributed by atoms with E-state index in [1.807, 2.05) is 24.3 Å². The lowest BCUT2D eigenvalue weighted by atomic mass is 10.3. The van der Waals surface area contributed by atoms with E-state index in [1.54, 1.807) is 0 Å². The Hall–Kier alpha value is -2.68. The maximum Gasteiger partial charge on any atom is 0.433 e. The minimum absolute atomic E-state index is 0.0338. The molecule has 22 heavy (non-hydrogen) atoms. The highest BCUT2D eigenvalue weighted by Gasteiger charge is 2.10. The van der Waals surface area contributed by atoms with E-state index in [2.05, 4.69) is 31.8 Å². The Morgan fingerprint density at radius 2 is 2.23 bits per heavy atom. The largest absolute Gasteiger partial charge is 0.433 e. The van der Waals surface area contributed by atoms with Gasteiger partial charge >= 0.3 is 5.88 Å². The lowest BCUT2D eigenvalue weighted by Crippen LogP contribution is -2.25. The molecule has 2 N–H and O–H groups in total. The van der Waals surface area contributed by atoms with E-state index in [9.17, 15) is 14.9 Å². The zero-order chi connectivity index (χ0) is 15.9. The maximum absolute atomic E-state index is 11.6. The molecule has 9 heteroatoms. The first-order valence-corrected chi connectivity index (χ1v) is 6.89. The molecule has 1 amide bonds. The Morgan fingerprint density at radius 1 is 1.41 bits per heavy atom. The van der Waals surface area contributed by atoms with E-state index in [1.165, 1.54) is 18.3 Å². The van der Waals surface area contributed by atoms with Gasteiger partial charge in [0.05, 0.1) is 18.8 Å². The third-order valence-corrected chi connectivity index (χ3v) is 2.94. The SMILES string of the molecule is O=C(CNc1cccc(Br)c1)N/N=C\c1ccc([N+](=O)[O-])o1. The van der Waals surface area contributed by atoms with Gasteiger partial charge in [-0.1, -0.05) is 22.0 Å². The molecule has 2 rings (SSSR count). The predicted octanol–water partition coefficient (Wildman–Crippen LogP) is 2.51. The van der Waals surface area contributed by atoms with E-state index < -0.39 is 4.92 Å². The van der Waals surface area contributed by atoms with Crippen LogP contribution in [0.15, 0.2) is 50.4 Å². The van der Waals surface area contributed by atoms with Crippen LogP contribution in [0.2, 0.25) is 0 Å². The summed E-state index contributed by atoms with van der Waals surface area (Å²) in [5, 5.41) is 17.0. The highest BCUT2D eigenvalue weighted by Crippen LogP contribution is 2.15. The summed E-state index contributed by atoms with van der Waals surface area (Å²) in [7, 11) is 0. The second-order valence-corrected chi connectivity index (χ2v) is 5.01. The first-order valence-electron chi connectivity index (χ1n) is 6.10. The number of hydrogen-bond acceptors (Lipinski definition) is 6. The first kappa shape index (κ1) is 15.7. The standard InChI is InChI=1S/C13H11BrN4O4/c14-9-2-1-3-10(6-9)15-8-12(19)17-16-7-11-4-5-13(22-11)18(20)21/h1-7,15H,8H2,(H,17,19)/b16-7-. The first-order chi connectivity index (χ1) is 10.5. The Labute approximate surface area is 133 Å². The summed E-state index contributed by atoms with van der Waals surface area (Å²) >= 11 is 3.33. The van der Waals surface area contributed by atoms with E-state index in [0.717, 1.165) is 10.2 Å². The van der Waals surface area contributed by atoms with Crippen molar-refractivity contribution >= 4 is 39.6 Å². The van der Waals surface area contributed by atoms with Gasteiger partial charge in [0, 0.05) is 10.2 Å². The van der Waals surface area contributed by atoms with E-state index >= 15 is 0 Å². The summed E-state index contributed by atoms with van der Waals surface area (Å²) in [6.07, 6.45) is 1.18. The smallest absolute Gasteiger partial charge is 0.400 e. The summed E-state index contributed by atoms with van der Waals surface area (Å²) in [6.45, 7) is 0.0338. The van der Waals surface area contributed by atoms with Crippen LogP contribution >= 0.6 is 15.9 Å². The van der Waals surface area contributed by atoms with Crippen LogP contribution in [0, 0.1) is 10.1 Å². The van der Waals surface area contributed by atoms with Gasteiger partial charge in [0.15, 0.2) is 5.76 Å². The summed E-state index contributed by atoms with van der Waals surface area (Å²) < 4.78 is 5.75. The van der Waals surface area contributed by atoms with Gasteiger partial charge in [0.25, 0.3) is 5.91 Å². The minimum Gasteiger partial charge on any atom is -0.400 e. The van der Waals surface area contributed by atoms with E-state index in [0.29, 0.717) is 0 Å². The monoisotopic (exact) mass is 366 g/mol. The van der Waals surface area contributed by atoms with Gasteiger partial charge in [-0.25, -0.2) is 5.43 Å². The zero-order valence-electron chi connectivity index (χ0n) is 11.2. The molecule has 0 atom stereocenters. The molecular formula is C13H11BrN4O4. The van der Waals surface area contributed by atoms with Crippen molar-refractivity contribution in [3.63, 3.8) is 0 Å². The fourth-order valence-electron chi connectivity index (χ4n) is 1.50. The topological polar surface area (TPSA) is 110 Å². The van der Waals surface area contributed by atoms with E-state index in [4.69, 9.17) is 4.42 Å². The van der Waals surface area contributed by atoms with Crippen LogP contribution in [0.25, 0.3) is 0 Å². The number of hydrogen-bond donors (Lipinski definition) is 2. The molecule has 1 heterocycles. The molecule has 0 spiro atoms. The molecule has 0 bridgehead atoms. The molecule has 8 nitrogen and oxygen atoms in total. The molecule has 0 unspecified atom stereocenters. The number of benzene rings is 1. The number of hydrazone groups is 1. The Morgan fingerprint density at radius 3 is 2.91 bits per heavy atom. The molecule has 2 aromatic rings. The molecule has 0 fully saturated rings. The summed E-state index contributed by atoms with van der Waals surface area (Å²) in [6, 6.07) is 9.96. The van der Waals surface area contributed by atoms with Crippen molar-refractivity contribution in [1.82, 2.24) is 5.43 Å². The van der Waals surface area contributed by atoms with Crippen LogP contribution in [0.4, 0.5) is 11.6 Å². The molecular weight excluding hydrogens is 356 g/mol. The summed E-state index contributed by atoms with van der Waals surface area (Å²) in [5.74, 6) is -0.576. The van der Waals surface area contributed by atoms with Crippen LogP contribution in [-0.4, -0.2) is 23.6 Å². The number of carbonyl (C=O) groups is 1. The van der Waals surface area contributed by atoms with Gasteiger partial charge in [-0.15, -0.1) is 0 Å². The summed E-state index contributed by atoms with van der Waals surface area (Å²) in [5.41, 5.74) is 3.07. The van der Waals surface area contributed by atoms with Gasteiger partial charge in [0.2, 0.25) is 0 Å². The highest BCUT2D eigenvalue weighted by molar-refractivity contribution is 9.10. The van der Waals surface area contributed by atoms with Crippen molar-refractivity contribution in [3.8, 4) is 0 Å². The van der Waals surface area contributed by atoms with Crippen molar-refractivity contribution in [2.75, 3.05) is 11.9 Å². The molecule has 0 saturated carbocycles. The van der Waals surface area contributed by atoms with Crippen LogP contribution in [0.1, 0.15) is 5.76 Å². The number of furan rings is 1. The fraction of sp³-hybridized carbons (Fsp3) is 0.0769. The average molecular weight is 367 g/mol. The predicted molar refractivity (Wildman–Crippen MR) is 83.7 cm³/mol. The van der Waals surface area contributed by atoms with Crippen molar-refractivity contribution in [1.29, 1.82) is 0 Å². The lowest BCUT2D eigenvalue weighted by molar-refractivity contribution is -0.402. The Balaban J connectivity index is 1.79. The van der Waals surface area contributed by atoms with Crippen LogP contribution in [-0.2, 0) is 4.79 Å². The molecule has 0 radical (unpaired) electrons. The number of carbonyl (C=O) groups excluding carboxylic acids is 1. The molecule has 0 aliphatic carbocycles. The van der Waals surface area contributed by atoms with E-state index in [-0.39, 0.29) is 24.1 Å². The molecule has 114 valence electrons. The van der Waals surface area contributed by atoms with Crippen LogP contribution < -0.4 is 10.7 Å². The van der Waals surface area contributed by atoms with Crippen LogP contribution in [0.3, 0.4) is 0 Å². The van der Waals surface area contributed by atoms with Gasteiger partial charge < -0.3 is 9.73 Å². The number of halogens is 1. The molecule has 0 aliphatic rings. The third-order valence-electron chi connectivity index (χ3n) is 2.45. The number of nitro groups is 1. The molecule has 0 aliphatic heterocycles. The van der Waals surface area contributed by atoms with Crippen LogP contribution in [0.5, 0.6) is 0 Å². The normalized spacial score (nSPS) is 10.6. The third kappa shape index (κ3) is 4.70. The quantitative estimate of drug-likeness (QED) is 0.463. The number of amides is 1. The van der Waals surface area contributed by atoms with Gasteiger partial charge in [-0.2, -0.15) is 5.10 Å². The Kier molecular flexibility index (Phi) is 5.26. The minimum atomic E-state index is -0.655. The number of anilines is 1. The lowest BCUT2D eigenvalue weighted by Gasteiger charge is -2.05. The van der Waals surface area contributed by atoms with Crippen molar-refractivity contribution in [2.45, 2.75) is 0 Å². The number of nitrogens with one attached hydrogen (secondary N) is 2. The average Bonchev–Trinajstić information content (AvgIpc) is 2.94.